The van der Waals surface area contributed by atoms with Crippen molar-refractivity contribution in [2.75, 3.05) is 45.8 Å². The third-order valence-corrected chi connectivity index (χ3v) is 5.24. The van der Waals surface area contributed by atoms with Crippen LogP contribution in [0.1, 0.15) is 18.5 Å². The second-order valence-electron chi connectivity index (χ2n) is 6.97. The van der Waals surface area contributed by atoms with E-state index in [-0.39, 0.29) is 0 Å². The van der Waals surface area contributed by atoms with Crippen LogP contribution in [-0.2, 0) is 6.54 Å². The molecular formula is C18H27N5. The zero-order chi connectivity index (χ0) is 15.5. The lowest BCUT2D eigenvalue weighted by Gasteiger charge is -2.37. The molecule has 0 saturated carbocycles. The smallest absolute Gasteiger partial charge is 0.137 e. The van der Waals surface area contributed by atoms with Crippen molar-refractivity contribution in [1.29, 1.82) is 0 Å². The maximum atomic E-state index is 4.72. The highest BCUT2D eigenvalue weighted by Gasteiger charge is 2.21. The molecular weight excluding hydrogens is 286 g/mol. The van der Waals surface area contributed by atoms with Crippen molar-refractivity contribution in [3.8, 4) is 0 Å². The number of nitrogens with zero attached hydrogens (tertiary/aromatic N) is 4. The number of fused-ring (bicyclic) bond motifs is 1. The Labute approximate surface area is 138 Å². The van der Waals surface area contributed by atoms with E-state index < -0.39 is 0 Å². The minimum Gasteiger partial charge on any atom is -0.317 e. The number of rotatable bonds is 4. The molecule has 124 valence electrons. The van der Waals surface area contributed by atoms with Crippen LogP contribution in [0.25, 0.3) is 5.65 Å². The van der Waals surface area contributed by atoms with Crippen LogP contribution in [0, 0.1) is 5.92 Å². The predicted molar refractivity (Wildman–Crippen MR) is 92.5 cm³/mol. The molecule has 0 unspecified atom stereocenters. The molecule has 0 amide bonds. The summed E-state index contributed by atoms with van der Waals surface area (Å²) in [5.74, 6) is 0.904. The van der Waals surface area contributed by atoms with Gasteiger partial charge in [-0.3, -0.25) is 4.90 Å². The fourth-order valence-corrected chi connectivity index (χ4v) is 3.85. The first-order valence-electron chi connectivity index (χ1n) is 8.95. The second-order valence-corrected chi connectivity index (χ2v) is 6.97. The van der Waals surface area contributed by atoms with Crippen molar-refractivity contribution in [1.82, 2.24) is 24.5 Å². The molecule has 2 aromatic heterocycles. The molecule has 23 heavy (non-hydrogen) atoms. The predicted octanol–water partition coefficient (Wildman–Crippen LogP) is 1.45. The number of nitrogens with one attached hydrogen (secondary N) is 1. The van der Waals surface area contributed by atoms with Gasteiger partial charge >= 0.3 is 0 Å². The molecule has 0 aromatic carbocycles. The van der Waals surface area contributed by atoms with Gasteiger partial charge in [0.25, 0.3) is 0 Å². The number of piperazine rings is 1. The second kappa shape index (κ2) is 6.99. The van der Waals surface area contributed by atoms with Gasteiger partial charge in [-0.1, -0.05) is 6.07 Å². The van der Waals surface area contributed by atoms with E-state index in [1.54, 1.807) is 0 Å². The Morgan fingerprint density at radius 1 is 1.04 bits per heavy atom. The molecule has 1 N–H and O–H groups in total. The van der Waals surface area contributed by atoms with Gasteiger partial charge in [0.1, 0.15) is 5.65 Å². The summed E-state index contributed by atoms with van der Waals surface area (Å²) in [6.45, 7) is 9.43. The molecule has 0 atom stereocenters. The molecule has 2 fully saturated rings. The van der Waals surface area contributed by atoms with Gasteiger partial charge in [-0.25, -0.2) is 4.98 Å². The van der Waals surface area contributed by atoms with Crippen LogP contribution in [0.5, 0.6) is 0 Å². The first kappa shape index (κ1) is 15.1. The number of hydrogen-bond donors (Lipinski definition) is 1. The molecule has 2 aromatic rings. The first-order chi connectivity index (χ1) is 11.4. The van der Waals surface area contributed by atoms with Gasteiger partial charge in [0.15, 0.2) is 0 Å². The summed E-state index contributed by atoms with van der Waals surface area (Å²) in [7, 11) is 0. The fourth-order valence-electron chi connectivity index (χ4n) is 3.85. The molecule has 2 aliphatic rings. The van der Waals surface area contributed by atoms with Crippen LogP contribution < -0.4 is 5.32 Å². The third-order valence-electron chi connectivity index (χ3n) is 5.24. The molecule has 2 saturated heterocycles. The summed E-state index contributed by atoms with van der Waals surface area (Å²) in [5, 5.41) is 3.46. The molecule has 0 spiro atoms. The van der Waals surface area contributed by atoms with Crippen LogP contribution >= 0.6 is 0 Å². The summed E-state index contributed by atoms with van der Waals surface area (Å²) < 4.78 is 2.11. The number of piperidine rings is 1. The van der Waals surface area contributed by atoms with Crippen molar-refractivity contribution in [2.45, 2.75) is 19.4 Å². The minimum absolute atomic E-state index is 0.904. The molecule has 4 heterocycles. The zero-order valence-corrected chi connectivity index (χ0v) is 13.8. The Kier molecular flexibility index (Phi) is 4.60. The van der Waals surface area contributed by atoms with E-state index in [9.17, 15) is 0 Å². The number of imidazole rings is 1. The van der Waals surface area contributed by atoms with Gasteiger partial charge in [0, 0.05) is 51.7 Å². The maximum Gasteiger partial charge on any atom is 0.137 e. The van der Waals surface area contributed by atoms with E-state index in [0.717, 1.165) is 18.1 Å². The lowest BCUT2D eigenvalue weighted by molar-refractivity contribution is 0.106. The van der Waals surface area contributed by atoms with Crippen molar-refractivity contribution in [2.24, 2.45) is 5.92 Å². The Hall–Kier alpha value is -1.43. The number of pyridine rings is 1. The van der Waals surface area contributed by atoms with E-state index in [4.69, 9.17) is 4.98 Å². The SMILES string of the molecule is c1ccn2cc(CN3CCN(CC4CCNCC4)CC3)nc2c1. The Balaban J connectivity index is 1.27. The molecule has 0 radical (unpaired) electrons. The van der Waals surface area contributed by atoms with Gasteiger partial charge < -0.3 is 14.6 Å². The van der Waals surface area contributed by atoms with Gasteiger partial charge in [0.2, 0.25) is 0 Å². The van der Waals surface area contributed by atoms with Crippen molar-refractivity contribution in [3.63, 3.8) is 0 Å². The standard InChI is InChI=1S/C18H27N5/c1-2-8-23-15-17(20-18(23)3-1)14-22-11-9-21(10-12-22)13-16-4-6-19-7-5-16/h1-3,8,15-16,19H,4-7,9-14H2. The molecule has 5 nitrogen and oxygen atoms in total. The highest BCUT2D eigenvalue weighted by Crippen LogP contribution is 2.15. The van der Waals surface area contributed by atoms with Crippen LogP contribution in [0.15, 0.2) is 30.6 Å². The van der Waals surface area contributed by atoms with Gasteiger partial charge in [-0.2, -0.15) is 0 Å². The van der Waals surface area contributed by atoms with Crippen molar-refractivity contribution < 1.29 is 0 Å². The van der Waals surface area contributed by atoms with Gasteiger partial charge in [0.05, 0.1) is 5.69 Å². The first-order valence-corrected chi connectivity index (χ1v) is 8.95. The molecule has 5 heteroatoms. The lowest BCUT2D eigenvalue weighted by Crippen LogP contribution is -2.48. The average molecular weight is 313 g/mol. The number of aromatic nitrogens is 2. The van der Waals surface area contributed by atoms with Crippen LogP contribution in [0.4, 0.5) is 0 Å². The topological polar surface area (TPSA) is 35.8 Å². The maximum absolute atomic E-state index is 4.72. The average Bonchev–Trinajstić information content (AvgIpc) is 3.00. The largest absolute Gasteiger partial charge is 0.317 e. The fraction of sp³-hybridized carbons (Fsp3) is 0.611. The highest BCUT2D eigenvalue weighted by atomic mass is 15.3. The zero-order valence-electron chi connectivity index (χ0n) is 13.8. The minimum atomic E-state index is 0.904. The van der Waals surface area contributed by atoms with Gasteiger partial charge in [-0.05, 0) is 44.0 Å². The summed E-state index contributed by atoms with van der Waals surface area (Å²) in [6, 6.07) is 6.17. The van der Waals surface area contributed by atoms with Crippen molar-refractivity contribution in [3.05, 3.63) is 36.3 Å². The quantitative estimate of drug-likeness (QED) is 0.927. The third kappa shape index (κ3) is 3.74. The summed E-state index contributed by atoms with van der Waals surface area (Å²) in [5.41, 5.74) is 2.23. The van der Waals surface area contributed by atoms with Gasteiger partial charge in [-0.15, -0.1) is 0 Å². The van der Waals surface area contributed by atoms with Crippen molar-refractivity contribution >= 4 is 5.65 Å². The van der Waals surface area contributed by atoms with E-state index in [0.29, 0.717) is 0 Å². The Bertz CT molecular complexity index is 590. The van der Waals surface area contributed by atoms with E-state index in [1.165, 1.54) is 64.3 Å². The lowest BCUT2D eigenvalue weighted by atomic mass is 9.97. The van der Waals surface area contributed by atoms with E-state index >= 15 is 0 Å². The van der Waals surface area contributed by atoms with Crippen LogP contribution in [0.2, 0.25) is 0 Å². The van der Waals surface area contributed by atoms with Crippen LogP contribution in [-0.4, -0.2) is 65.0 Å². The molecule has 4 rings (SSSR count). The summed E-state index contributed by atoms with van der Waals surface area (Å²) >= 11 is 0. The van der Waals surface area contributed by atoms with E-state index in [2.05, 4.69) is 44.0 Å². The molecule has 0 bridgehead atoms. The monoisotopic (exact) mass is 313 g/mol. The highest BCUT2D eigenvalue weighted by molar-refractivity contribution is 5.39. The Morgan fingerprint density at radius 3 is 2.61 bits per heavy atom. The Morgan fingerprint density at radius 2 is 1.83 bits per heavy atom. The normalized spacial score (nSPS) is 21.9. The van der Waals surface area contributed by atoms with E-state index in [1.807, 2.05) is 6.07 Å². The van der Waals surface area contributed by atoms with Crippen LogP contribution in [0.3, 0.4) is 0 Å². The number of hydrogen-bond acceptors (Lipinski definition) is 4. The molecule has 2 aliphatic heterocycles. The molecule has 0 aliphatic carbocycles. The summed E-state index contributed by atoms with van der Waals surface area (Å²) in [6.07, 6.45) is 6.93. The summed E-state index contributed by atoms with van der Waals surface area (Å²) in [4.78, 5) is 9.93.